The number of hydrogen-bond acceptors (Lipinski definition) is 3. The monoisotopic (exact) mass is 158 g/mol. The lowest BCUT2D eigenvalue weighted by Crippen LogP contribution is -2.02. The smallest absolute Gasteiger partial charge is 0.278 e. The number of hydrogen-bond donors (Lipinski definition) is 1. The summed E-state index contributed by atoms with van der Waals surface area (Å²) in [4.78, 5) is 22.8. The first kappa shape index (κ1) is 6.95. The van der Waals surface area contributed by atoms with Crippen molar-refractivity contribution in [1.29, 1.82) is 0 Å². The number of nitroso groups, excluding NO2 is 1. The van der Waals surface area contributed by atoms with Crippen LogP contribution in [0.5, 0.6) is 0 Å². The van der Waals surface area contributed by atoms with E-state index in [0.717, 1.165) is 0 Å². The summed E-state index contributed by atoms with van der Waals surface area (Å²) in [6.07, 6.45) is 1.35. The first-order valence-corrected chi connectivity index (χ1v) is 2.84. The van der Waals surface area contributed by atoms with Crippen LogP contribution in [0.25, 0.3) is 0 Å². The lowest BCUT2D eigenvalue weighted by atomic mass is 10.4. The Labute approximate surface area is 60.8 Å². The van der Waals surface area contributed by atoms with Crippen LogP contribution in [0.3, 0.4) is 0 Å². The van der Waals surface area contributed by atoms with Gasteiger partial charge in [0.2, 0.25) is 0 Å². The maximum Gasteiger partial charge on any atom is 0.278 e. The molecule has 5 heteroatoms. The molecular weight excluding hydrogens is 156 g/mol. The molecule has 1 rings (SSSR count). The lowest BCUT2D eigenvalue weighted by molar-refractivity contribution is 1.22. The fraction of sp³-hybridized carbons (Fsp3) is 0. The zero-order chi connectivity index (χ0) is 7.56. The minimum atomic E-state index is -0.567. The van der Waals surface area contributed by atoms with Crippen molar-refractivity contribution in [2.45, 2.75) is 0 Å². The minimum absolute atomic E-state index is 0.0683. The number of nitrogens with one attached hydrogen (secondary N) is 1. The Morgan fingerprint density at radius 3 is 2.70 bits per heavy atom. The molecule has 0 aliphatic carbocycles. The Morgan fingerprint density at radius 2 is 2.30 bits per heavy atom. The summed E-state index contributed by atoms with van der Waals surface area (Å²) < 4.78 is 0. The van der Waals surface area contributed by atoms with Crippen LogP contribution in [-0.4, -0.2) is 4.98 Å². The molecule has 1 N–H and O–H groups in total. The Bertz CT molecular complexity index is 307. The lowest BCUT2D eigenvalue weighted by Gasteiger charge is -1.88. The third kappa shape index (κ3) is 1.06. The molecule has 0 spiro atoms. The Hall–Kier alpha value is -1.16. The summed E-state index contributed by atoms with van der Waals surface area (Å²) in [7, 11) is 0. The topological polar surface area (TPSA) is 62.3 Å². The van der Waals surface area contributed by atoms with Gasteiger partial charge in [-0.05, 0) is 11.2 Å². The number of aromatic amines is 1. The van der Waals surface area contributed by atoms with Crippen molar-refractivity contribution in [2.24, 2.45) is 5.18 Å². The van der Waals surface area contributed by atoms with Gasteiger partial charge in [0, 0.05) is 6.20 Å². The molecule has 0 unspecified atom stereocenters. The normalized spacial score (nSPS) is 9.30. The molecule has 0 saturated heterocycles. The Balaban J connectivity index is 3.45. The quantitative estimate of drug-likeness (QED) is 0.629. The van der Waals surface area contributed by atoms with E-state index in [9.17, 15) is 9.70 Å². The summed E-state index contributed by atoms with van der Waals surface area (Å²) in [6, 6.07) is 1.39. The standard InChI is InChI=1S/C5H3ClN2O2/c6-3-1-2-7-5(9)4(3)8-10/h1-2H,(H,7,9). The summed E-state index contributed by atoms with van der Waals surface area (Å²) in [6.45, 7) is 0. The van der Waals surface area contributed by atoms with E-state index in [1.165, 1.54) is 12.3 Å². The van der Waals surface area contributed by atoms with E-state index in [4.69, 9.17) is 11.6 Å². The second kappa shape index (κ2) is 2.62. The first-order valence-electron chi connectivity index (χ1n) is 2.46. The van der Waals surface area contributed by atoms with E-state index < -0.39 is 5.56 Å². The number of halogens is 1. The molecule has 0 bridgehead atoms. The van der Waals surface area contributed by atoms with Gasteiger partial charge in [-0.2, -0.15) is 0 Å². The maximum atomic E-state index is 10.6. The van der Waals surface area contributed by atoms with Crippen LogP contribution in [-0.2, 0) is 0 Å². The number of aromatic nitrogens is 1. The van der Waals surface area contributed by atoms with Crippen molar-refractivity contribution in [3.05, 3.63) is 32.5 Å². The van der Waals surface area contributed by atoms with Crippen molar-refractivity contribution < 1.29 is 0 Å². The highest BCUT2D eigenvalue weighted by Gasteiger charge is 2.02. The van der Waals surface area contributed by atoms with Gasteiger partial charge in [-0.15, -0.1) is 4.91 Å². The highest BCUT2D eigenvalue weighted by atomic mass is 35.5. The van der Waals surface area contributed by atoms with Crippen LogP contribution in [0, 0.1) is 4.91 Å². The molecule has 1 aromatic heterocycles. The molecule has 10 heavy (non-hydrogen) atoms. The second-order valence-electron chi connectivity index (χ2n) is 1.59. The van der Waals surface area contributed by atoms with E-state index in [2.05, 4.69) is 10.2 Å². The number of pyridine rings is 1. The second-order valence-corrected chi connectivity index (χ2v) is 2.00. The van der Waals surface area contributed by atoms with Gasteiger partial charge in [-0.25, -0.2) is 0 Å². The van der Waals surface area contributed by atoms with Crippen LogP contribution >= 0.6 is 11.6 Å². The number of H-pyrrole nitrogens is 1. The summed E-state index contributed by atoms with van der Waals surface area (Å²) in [5, 5.41) is 2.51. The molecule has 52 valence electrons. The summed E-state index contributed by atoms with van der Waals surface area (Å²) in [5.41, 5.74) is -0.841. The molecular formula is C5H3ClN2O2. The Kier molecular flexibility index (Phi) is 1.82. The highest BCUT2D eigenvalue weighted by molar-refractivity contribution is 6.32. The van der Waals surface area contributed by atoms with Crippen LogP contribution in [0.1, 0.15) is 0 Å². The molecule has 0 atom stereocenters. The van der Waals surface area contributed by atoms with E-state index >= 15 is 0 Å². The van der Waals surface area contributed by atoms with Crippen molar-refractivity contribution in [3.63, 3.8) is 0 Å². The van der Waals surface area contributed by atoms with Crippen LogP contribution < -0.4 is 5.56 Å². The van der Waals surface area contributed by atoms with Crippen LogP contribution in [0.15, 0.2) is 22.2 Å². The minimum Gasteiger partial charge on any atom is -0.327 e. The van der Waals surface area contributed by atoms with Crippen LogP contribution in [0.4, 0.5) is 5.69 Å². The van der Waals surface area contributed by atoms with E-state index in [-0.39, 0.29) is 10.7 Å². The number of nitrogens with zero attached hydrogens (tertiary/aromatic N) is 1. The van der Waals surface area contributed by atoms with Gasteiger partial charge in [0.05, 0.1) is 5.02 Å². The van der Waals surface area contributed by atoms with Crippen molar-refractivity contribution in [2.75, 3.05) is 0 Å². The summed E-state index contributed by atoms with van der Waals surface area (Å²) in [5.74, 6) is 0. The van der Waals surface area contributed by atoms with E-state index in [1.54, 1.807) is 0 Å². The SMILES string of the molecule is O=Nc1c(Cl)cc[nH]c1=O. The van der Waals surface area contributed by atoms with Gasteiger partial charge in [0.25, 0.3) is 5.56 Å². The fourth-order valence-corrected chi connectivity index (χ4v) is 0.715. The molecule has 0 aliphatic heterocycles. The highest BCUT2D eigenvalue weighted by Crippen LogP contribution is 2.17. The van der Waals surface area contributed by atoms with Crippen LogP contribution in [0.2, 0.25) is 5.02 Å². The third-order valence-electron chi connectivity index (χ3n) is 0.977. The molecule has 0 aromatic carbocycles. The molecule has 1 heterocycles. The van der Waals surface area contributed by atoms with Gasteiger partial charge in [0.15, 0.2) is 5.69 Å². The fourth-order valence-electron chi connectivity index (χ4n) is 0.531. The van der Waals surface area contributed by atoms with E-state index in [0.29, 0.717) is 0 Å². The molecule has 0 amide bonds. The molecule has 0 radical (unpaired) electrons. The van der Waals surface area contributed by atoms with Crippen molar-refractivity contribution in [3.8, 4) is 0 Å². The third-order valence-corrected chi connectivity index (χ3v) is 1.28. The predicted octanol–water partition coefficient (Wildman–Crippen LogP) is 1.43. The van der Waals surface area contributed by atoms with Gasteiger partial charge in [-0.3, -0.25) is 4.79 Å². The predicted molar refractivity (Wildman–Crippen MR) is 37.5 cm³/mol. The van der Waals surface area contributed by atoms with Gasteiger partial charge in [0.1, 0.15) is 0 Å². The summed E-state index contributed by atoms with van der Waals surface area (Å²) >= 11 is 5.42. The van der Waals surface area contributed by atoms with Gasteiger partial charge in [-0.1, -0.05) is 11.6 Å². The average Bonchev–Trinajstić information content (AvgIpc) is 1.88. The average molecular weight is 159 g/mol. The van der Waals surface area contributed by atoms with Gasteiger partial charge < -0.3 is 4.98 Å². The van der Waals surface area contributed by atoms with Crippen molar-refractivity contribution >= 4 is 17.3 Å². The zero-order valence-corrected chi connectivity index (χ0v) is 5.55. The molecule has 1 aromatic rings. The molecule has 0 saturated carbocycles. The Morgan fingerprint density at radius 1 is 1.60 bits per heavy atom. The molecule has 0 aliphatic rings. The van der Waals surface area contributed by atoms with Crippen molar-refractivity contribution in [1.82, 2.24) is 4.98 Å². The maximum absolute atomic E-state index is 10.6. The molecule has 0 fully saturated rings. The van der Waals surface area contributed by atoms with E-state index in [1.807, 2.05) is 0 Å². The first-order chi connectivity index (χ1) is 4.75. The zero-order valence-electron chi connectivity index (χ0n) is 4.80. The molecule has 4 nitrogen and oxygen atoms in total. The number of rotatable bonds is 1. The van der Waals surface area contributed by atoms with Gasteiger partial charge >= 0.3 is 0 Å². The largest absolute Gasteiger partial charge is 0.327 e.